The first-order chi connectivity index (χ1) is 16.3. The van der Waals surface area contributed by atoms with Crippen molar-refractivity contribution >= 4 is 29.6 Å². The van der Waals surface area contributed by atoms with Crippen LogP contribution in [-0.2, 0) is 30.4 Å². The van der Waals surface area contributed by atoms with Gasteiger partial charge in [0.2, 0.25) is 23.6 Å². The van der Waals surface area contributed by atoms with Gasteiger partial charge in [-0.15, -0.1) is 0 Å². The molecule has 194 valence electrons. The average Bonchev–Trinajstić information content (AvgIpc) is 2.76. The number of phenolic OH excluding ortho intramolecular Hbond substituents is 1. The number of nitrogens with one attached hydrogen (secondary N) is 3. The van der Waals surface area contributed by atoms with Gasteiger partial charge in [-0.2, -0.15) is 0 Å². The Balaban J connectivity index is 3.01. The number of primary amides is 1. The number of aliphatic carboxylic acids is 1. The van der Waals surface area contributed by atoms with Gasteiger partial charge in [-0.3, -0.25) is 19.2 Å². The standard InChI is InChI=1S/C23H35N5O7/c1-12(2)10-17(27-21(32)16(8-9-19(25)30)26-20(31)13(3)24)22(33)28-18(23(34)35)11-14-4-6-15(29)7-5-14/h4-7,12-13,16-18,29H,8-11,24H2,1-3H3,(H2,25,30)(H,26,31)(H,27,32)(H,28,33)(H,34,35). The van der Waals surface area contributed by atoms with Crippen LogP contribution in [0.15, 0.2) is 24.3 Å². The molecule has 0 radical (unpaired) electrons. The fourth-order valence-electron chi connectivity index (χ4n) is 3.17. The molecule has 4 atom stereocenters. The summed E-state index contributed by atoms with van der Waals surface area (Å²) in [6, 6.07) is 1.40. The molecule has 0 heterocycles. The highest BCUT2D eigenvalue weighted by atomic mass is 16.4. The zero-order chi connectivity index (χ0) is 26.7. The summed E-state index contributed by atoms with van der Waals surface area (Å²) in [5, 5.41) is 26.4. The van der Waals surface area contributed by atoms with Crippen LogP contribution in [0.4, 0.5) is 0 Å². The number of benzene rings is 1. The maximum atomic E-state index is 13.0. The van der Waals surface area contributed by atoms with Gasteiger partial charge in [0.25, 0.3) is 0 Å². The lowest BCUT2D eigenvalue weighted by atomic mass is 10.0. The number of aromatic hydroxyl groups is 1. The second-order valence-electron chi connectivity index (χ2n) is 8.82. The van der Waals surface area contributed by atoms with Crippen LogP contribution in [0.3, 0.4) is 0 Å². The molecule has 4 unspecified atom stereocenters. The van der Waals surface area contributed by atoms with Gasteiger partial charge in [0.15, 0.2) is 0 Å². The molecule has 0 fully saturated rings. The zero-order valence-corrected chi connectivity index (χ0v) is 20.1. The van der Waals surface area contributed by atoms with E-state index in [9.17, 15) is 34.2 Å². The highest BCUT2D eigenvalue weighted by Crippen LogP contribution is 2.12. The second kappa shape index (κ2) is 13.9. The third-order valence-electron chi connectivity index (χ3n) is 5.06. The monoisotopic (exact) mass is 493 g/mol. The minimum absolute atomic E-state index is 0.0198. The number of hydrogen-bond donors (Lipinski definition) is 7. The summed E-state index contributed by atoms with van der Waals surface area (Å²) in [6.45, 7) is 5.06. The van der Waals surface area contributed by atoms with Gasteiger partial charge in [-0.1, -0.05) is 26.0 Å². The van der Waals surface area contributed by atoms with Crippen LogP contribution >= 0.6 is 0 Å². The smallest absolute Gasteiger partial charge is 0.326 e. The van der Waals surface area contributed by atoms with Crippen molar-refractivity contribution in [3.8, 4) is 5.75 Å². The van der Waals surface area contributed by atoms with Crippen LogP contribution in [0.5, 0.6) is 5.75 Å². The van der Waals surface area contributed by atoms with Crippen LogP contribution in [0.2, 0.25) is 0 Å². The summed E-state index contributed by atoms with van der Waals surface area (Å²) >= 11 is 0. The van der Waals surface area contributed by atoms with E-state index in [0.717, 1.165) is 0 Å². The number of carbonyl (C=O) groups is 5. The van der Waals surface area contributed by atoms with Crippen molar-refractivity contribution in [2.75, 3.05) is 0 Å². The number of hydrogen-bond acceptors (Lipinski definition) is 7. The Morgan fingerprint density at radius 1 is 0.857 bits per heavy atom. The number of carbonyl (C=O) groups excluding carboxylic acids is 4. The van der Waals surface area contributed by atoms with Gasteiger partial charge >= 0.3 is 5.97 Å². The lowest BCUT2D eigenvalue weighted by Crippen LogP contribution is -2.57. The molecule has 35 heavy (non-hydrogen) atoms. The number of amides is 4. The molecule has 1 aromatic rings. The molecule has 4 amide bonds. The predicted octanol–water partition coefficient (Wildman–Crippen LogP) is -0.867. The van der Waals surface area contributed by atoms with Crippen LogP contribution in [0.1, 0.15) is 45.6 Å². The lowest BCUT2D eigenvalue weighted by molar-refractivity contribution is -0.142. The van der Waals surface area contributed by atoms with Crippen molar-refractivity contribution in [2.24, 2.45) is 17.4 Å². The first-order valence-corrected chi connectivity index (χ1v) is 11.3. The van der Waals surface area contributed by atoms with E-state index in [1.54, 1.807) is 0 Å². The summed E-state index contributed by atoms with van der Waals surface area (Å²) in [5.74, 6) is -4.05. The minimum Gasteiger partial charge on any atom is -0.508 e. The molecule has 1 rings (SSSR count). The van der Waals surface area contributed by atoms with E-state index < -0.39 is 53.8 Å². The average molecular weight is 494 g/mol. The number of carboxylic acids is 1. The molecule has 12 nitrogen and oxygen atoms in total. The summed E-state index contributed by atoms with van der Waals surface area (Å²) in [4.78, 5) is 60.9. The Hall–Kier alpha value is -3.67. The molecule has 0 aliphatic rings. The van der Waals surface area contributed by atoms with Crippen molar-refractivity contribution in [3.05, 3.63) is 29.8 Å². The van der Waals surface area contributed by atoms with Crippen LogP contribution < -0.4 is 27.4 Å². The van der Waals surface area contributed by atoms with E-state index in [-0.39, 0.29) is 37.4 Å². The third-order valence-corrected chi connectivity index (χ3v) is 5.06. The minimum atomic E-state index is -1.29. The van der Waals surface area contributed by atoms with Crippen molar-refractivity contribution < 1.29 is 34.2 Å². The van der Waals surface area contributed by atoms with Crippen LogP contribution in [0, 0.1) is 5.92 Å². The molecular weight excluding hydrogens is 458 g/mol. The Kier molecular flexibility index (Phi) is 11.7. The van der Waals surface area contributed by atoms with Crippen LogP contribution in [0.25, 0.3) is 0 Å². The molecule has 0 aliphatic heterocycles. The Morgan fingerprint density at radius 3 is 1.86 bits per heavy atom. The Labute approximate surface area is 203 Å². The summed E-state index contributed by atoms with van der Waals surface area (Å²) < 4.78 is 0. The molecule has 0 saturated carbocycles. The first kappa shape index (κ1) is 29.4. The van der Waals surface area contributed by atoms with Gasteiger partial charge < -0.3 is 37.6 Å². The van der Waals surface area contributed by atoms with E-state index in [1.165, 1.54) is 31.2 Å². The van der Waals surface area contributed by atoms with Crippen molar-refractivity contribution in [1.29, 1.82) is 0 Å². The highest BCUT2D eigenvalue weighted by Gasteiger charge is 2.30. The third kappa shape index (κ3) is 10.9. The van der Waals surface area contributed by atoms with Gasteiger partial charge in [-0.05, 0) is 43.4 Å². The normalized spacial score (nSPS) is 14.3. The number of nitrogens with two attached hydrogens (primary N) is 2. The van der Waals surface area contributed by atoms with Crippen LogP contribution in [-0.4, -0.2) is 64.0 Å². The number of rotatable bonds is 14. The second-order valence-corrected chi connectivity index (χ2v) is 8.82. The summed E-state index contributed by atoms with van der Waals surface area (Å²) in [7, 11) is 0. The molecule has 9 N–H and O–H groups in total. The topological polar surface area (TPSA) is 214 Å². The van der Waals surface area contributed by atoms with Crippen molar-refractivity contribution in [3.63, 3.8) is 0 Å². The SMILES string of the molecule is CC(C)CC(NC(=O)C(CCC(N)=O)NC(=O)C(C)N)C(=O)NC(Cc1ccc(O)cc1)C(=O)O. The maximum absolute atomic E-state index is 13.0. The quantitative estimate of drug-likeness (QED) is 0.172. The molecule has 0 bridgehead atoms. The first-order valence-electron chi connectivity index (χ1n) is 11.3. The van der Waals surface area contributed by atoms with Gasteiger partial charge in [0.1, 0.15) is 23.9 Å². The summed E-state index contributed by atoms with van der Waals surface area (Å²) in [5.41, 5.74) is 11.3. The Bertz CT molecular complexity index is 902. The largest absolute Gasteiger partial charge is 0.508 e. The number of carboxylic acid groups (broad SMARTS) is 1. The van der Waals surface area contributed by atoms with Gasteiger partial charge in [-0.25, -0.2) is 4.79 Å². The molecule has 0 spiro atoms. The van der Waals surface area contributed by atoms with Gasteiger partial charge in [0, 0.05) is 12.8 Å². The zero-order valence-electron chi connectivity index (χ0n) is 20.1. The molecule has 1 aromatic carbocycles. The summed E-state index contributed by atoms with van der Waals surface area (Å²) in [6.07, 6.45) is -0.150. The fourth-order valence-corrected chi connectivity index (χ4v) is 3.17. The Morgan fingerprint density at radius 2 is 1.37 bits per heavy atom. The van der Waals surface area contributed by atoms with E-state index in [0.29, 0.717) is 5.56 Å². The predicted molar refractivity (Wildman–Crippen MR) is 127 cm³/mol. The van der Waals surface area contributed by atoms with E-state index in [1.807, 2.05) is 13.8 Å². The maximum Gasteiger partial charge on any atom is 0.326 e. The van der Waals surface area contributed by atoms with E-state index in [4.69, 9.17) is 11.5 Å². The van der Waals surface area contributed by atoms with Crippen molar-refractivity contribution in [2.45, 2.75) is 70.6 Å². The molecular formula is C23H35N5O7. The van der Waals surface area contributed by atoms with Gasteiger partial charge in [0.05, 0.1) is 6.04 Å². The lowest BCUT2D eigenvalue weighted by Gasteiger charge is -2.26. The van der Waals surface area contributed by atoms with E-state index >= 15 is 0 Å². The van der Waals surface area contributed by atoms with E-state index in [2.05, 4.69) is 16.0 Å². The van der Waals surface area contributed by atoms with Crippen molar-refractivity contribution in [1.82, 2.24) is 16.0 Å². The molecule has 0 aliphatic carbocycles. The molecule has 0 saturated heterocycles. The fraction of sp³-hybridized carbons (Fsp3) is 0.522. The molecule has 12 heteroatoms. The molecule has 0 aromatic heterocycles. The number of phenols is 1. The highest BCUT2D eigenvalue weighted by molar-refractivity contribution is 5.94.